The molecule has 0 amide bonds. The highest BCUT2D eigenvalue weighted by Crippen LogP contribution is 2.40. The Labute approximate surface area is 126 Å². The lowest BCUT2D eigenvalue weighted by atomic mass is 9.78. The third-order valence-electron chi connectivity index (χ3n) is 5.25. The first-order valence-electron chi connectivity index (χ1n) is 8.23. The normalized spacial score (nSPS) is 26.6. The Hall–Kier alpha value is -1.52. The summed E-state index contributed by atoms with van der Waals surface area (Å²) in [5.74, 6) is 2.02. The molecule has 3 atom stereocenters. The van der Waals surface area contributed by atoms with Gasteiger partial charge >= 0.3 is 0 Å². The third kappa shape index (κ3) is 2.23. The van der Waals surface area contributed by atoms with Crippen molar-refractivity contribution in [1.82, 2.24) is 19.3 Å². The third-order valence-corrected chi connectivity index (χ3v) is 5.25. The molecule has 0 saturated heterocycles. The number of aryl methyl sites for hydroxylation is 2. The van der Waals surface area contributed by atoms with Gasteiger partial charge in [-0.1, -0.05) is 40.0 Å². The van der Waals surface area contributed by atoms with Crippen LogP contribution in [0.4, 0.5) is 5.95 Å². The number of hydrogen-bond donors (Lipinski definition) is 1. The van der Waals surface area contributed by atoms with E-state index in [2.05, 4.69) is 35.4 Å². The van der Waals surface area contributed by atoms with Crippen LogP contribution in [0.25, 0.3) is 11.2 Å². The molecular weight excluding hydrogens is 262 g/mol. The van der Waals surface area contributed by atoms with Gasteiger partial charge in [0, 0.05) is 13.1 Å². The van der Waals surface area contributed by atoms with Crippen molar-refractivity contribution in [1.29, 1.82) is 0 Å². The molecule has 1 aliphatic carbocycles. The molecule has 3 unspecified atom stereocenters. The summed E-state index contributed by atoms with van der Waals surface area (Å²) in [6.45, 7) is 6.88. The van der Waals surface area contributed by atoms with Crippen molar-refractivity contribution in [3.63, 3.8) is 0 Å². The predicted molar refractivity (Wildman–Crippen MR) is 86.1 cm³/mol. The molecule has 0 spiro atoms. The van der Waals surface area contributed by atoms with Gasteiger partial charge in [0.05, 0.1) is 5.69 Å². The largest absolute Gasteiger partial charge is 0.369 e. The molecule has 0 radical (unpaired) electrons. The van der Waals surface area contributed by atoms with E-state index in [9.17, 15) is 0 Å². The Morgan fingerprint density at radius 2 is 2.05 bits per heavy atom. The van der Waals surface area contributed by atoms with Crippen LogP contribution >= 0.6 is 0 Å². The van der Waals surface area contributed by atoms with Crippen molar-refractivity contribution in [2.45, 2.75) is 58.9 Å². The molecular formula is C16H27N5. The molecule has 1 aliphatic rings. The number of nitrogen functional groups attached to an aromatic ring is 1. The second-order valence-electron chi connectivity index (χ2n) is 6.67. The minimum Gasteiger partial charge on any atom is -0.369 e. The maximum atomic E-state index is 6.28. The smallest absolute Gasteiger partial charge is 0.202 e. The molecule has 21 heavy (non-hydrogen) atoms. The highest BCUT2D eigenvalue weighted by molar-refractivity contribution is 5.78. The first kappa shape index (κ1) is 14.4. The Bertz CT molecular complexity index is 639. The quantitative estimate of drug-likeness (QED) is 0.943. The number of rotatable bonds is 3. The zero-order chi connectivity index (χ0) is 15.1. The lowest BCUT2D eigenvalue weighted by molar-refractivity contribution is 0.190. The van der Waals surface area contributed by atoms with Crippen LogP contribution in [0.1, 0.15) is 58.2 Å². The summed E-state index contributed by atoms with van der Waals surface area (Å²) < 4.78 is 4.22. The van der Waals surface area contributed by atoms with Crippen LogP contribution < -0.4 is 5.73 Å². The van der Waals surface area contributed by atoms with Crippen LogP contribution in [0.5, 0.6) is 0 Å². The van der Waals surface area contributed by atoms with Crippen LogP contribution in [0.3, 0.4) is 0 Å². The average molecular weight is 289 g/mol. The van der Waals surface area contributed by atoms with Crippen molar-refractivity contribution in [3.05, 3.63) is 5.69 Å². The summed E-state index contributed by atoms with van der Waals surface area (Å²) in [6, 6.07) is 0.448. The number of hydrogen-bond acceptors (Lipinski definition) is 3. The molecule has 2 aromatic rings. The fourth-order valence-electron chi connectivity index (χ4n) is 3.87. The van der Waals surface area contributed by atoms with Crippen LogP contribution in [-0.4, -0.2) is 19.3 Å². The second-order valence-corrected chi connectivity index (χ2v) is 6.67. The molecule has 5 heteroatoms. The van der Waals surface area contributed by atoms with E-state index in [4.69, 9.17) is 5.73 Å². The fourth-order valence-corrected chi connectivity index (χ4v) is 3.87. The van der Waals surface area contributed by atoms with E-state index in [1.54, 1.807) is 0 Å². The summed E-state index contributed by atoms with van der Waals surface area (Å²) >= 11 is 0. The molecule has 2 heterocycles. The van der Waals surface area contributed by atoms with Crippen LogP contribution in [0, 0.1) is 11.8 Å². The average Bonchev–Trinajstić information content (AvgIpc) is 2.92. The van der Waals surface area contributed by atoms with Crippen molar-refractivity contribution in [3.8, 4) is 0 Å². The van der Waals surface area contributed by atoms with Crippen LogP contribution in [-0.2, 0) is 13.5 Å². The Kier molecular flexibility index (Phi) is 3.68. The van der Waals surface area contributed by atoms with E-state index >= 15 is 0 Å². The number of nitrogens with zero attached hydrogens (tertiary/aromatic N) is 4. The molecule has 116 valence electrons. The summed E-state index contributed by atoms with van der Waals surface area (Å²) in [6.07, 6.45) is 5.83. The first-order chi connectivity index (χ1) is 10.0. The molecule has 1 saturated carbocycles. The number of aromatic nitrogens is 4. The van der Waals surface area contributed by atoms with E-state index < -0.39 is 0 Å². The summed E-state index contributed by atoms with van der Waals surface area (Å²) in [7, 11) is 2.01. The van der Waals surface area contributed by atoms with Crippen LogP contribution in [0.2, 0.25) is 0 Å². The lowest BCUT2D eigenvalue weighted by Crippen LogP contribution is -2.28. The second kappa shape index (κ2) is 5.35. The first-order valence-corrected chi connectivity index (χ1v) is 8.23. The van der Waals surface area contributed by atoms with Gasteiger partial charge in [-0.05, 0) is 24.7 Å². The molecule has 3 rings (SSSR count). The highest BCUT2D eigenvalue weighted by atomic mass is 15.4. The maximum Gasteiger partial charge on any atom is 0.202 e. The van der Waals surface area contributed by atoms with E-state index in [0.717, 1.165) is 35.6 Å². The van der Waals surface area contributed by atoms with Gasteiger partial charge in [0.25, 0.3) is 0 Å². The molecule has 5 nitrogen and oxygen atoms in total. The van der Waals surface area contributed by atoms with Crippen molar-refractivity contribution >= 4 is 17.1 Å². The van der Waals surface area contributed by atoms with E-state index in [0.29, 0.717) is 17.9 Å². The van der Waals surface area contributed by atoms with Gasteiger partial charge in [-0.25, -0.2) is 4.98 Å². The fraction of sp³-hybridized carbons (Fsp3) is 0.750. The van der Waals surface area contributed by atoms with Gasteiger partial charge in [-0.3, -0.25) is 9.25 Å². The number of nitrogens with two attached hydrogens (primary N) is 1. The maximum absolute atomic E-state index is 6.28. The van der Waals surface area contributed by atoms with Gasteiger partial charge in [-0.2, -0.15) is 5.10 Å². The topological polar surface area (TPSA) is 61.7 Å². The zero-order valence-electron chi connectivity index (χ0n) is 13.6. The van der Waals surface area contributed by atoms with Gasteiger partial charge in [0.1, 0.15) is 5.52 Å². The Balaban J connectivity index is 2.11. The molecule has 0 bridgehead atoms. The minimum absolute atomic E-state index is 0.448. The summed E-state index contributed by atoms with van der Waals surface area (Å²) in [4.78, 5) is 4.64. The Morgan fingerprint density at radius 1 is 1.29 bits per heavy atom. The van der Waals surface area contributed by atoms with Crippen LogP contribution in [0.15, 0.2) is 0 Å². The van der Waals surface area contributed by atoms with Crippen molar-refractivity contribution in [2.75, 3.05) is 5.73 Å². The van der Waals surface area contributed by atoms with Gasteiger partial charge in [0.15, 0.2) is 5.65 Å². The van der Waals surface area contributed by atoms with E-state index in [1.807, 2.05) is 11.7 Å². The van der Waals surface area contributed by atoms with Crippen molar-refractivity contribution in [2.24, 2.45) is 18.9 Å². The molecule has 2 N–H and O–H groups in total. The predicted octanol–water partition coefficient (Wildman–Crippen LogP) is 3.30. The number of imidazole rings is 1. The molecule has 2 aromatic heterocycles. The summed E-state index contributed by atoms with van der Waals surface area (Å²) in [5, 5.41) is 4.66. The monoisotopic (exact) mass is 289 g/mol. The number of anilines is 1. The number of fused-ring (bicyclic) bond motifs is 1. The lowest BCUT2D eigenvalue weighted by Gasteiger charge is -2.35. The SMILES string of the molecule is CCCc1nn(C)c2c1nc(N)n2C1CCCC(C)C1C. The van der Waals surface area contributed by atoms with Gasteiger partial charge < -0.3 is 5.73 Å². The summed E-state index contributed by atoms with van der Waals surface area (Å²) in [5.41, 5.74) is 9.46. The zero-order valence-corrected chi connectivity index (χ0v) is 13.6. The molecule has 0 aromatic carbocycles. The van der Waals surface area contributed by atoms with Gasteiger partial charge in [-0.15, -0.1) is 0 Å². The molecule has 0 aliphatic heterocycles. The van der Waals surface area contributed by atoms with E-state index in [-0.39, 0.29) is 0 Å². The van der Waals surface area contributed by atoms with Crippen molar-refractivity contribution < 1.29 is 0 Å². The van der Waals surface area contributed by atoms with E-state index in [1.165, 1.54) is 19.3 Å². The molecule has 1 fully saturated rings. The highest BCUT2D eigenvalue weighted by Gasteiger charge is 2.32. The standard InChI is InChI=1S/C16H27N5/c1-5-7-12-14-15(20(4)19-12)21(16(17)18-14)13-9-6-8-10(2)11(13)3/h10-11,13H,5-9H2,1-4H3,(H2,17,18). The Morgan fingerprint density at radius 3 is 2.76 bits per heavy atom. The van der Waals surface area contributed by atoms with Gasteiger partial charge in [0.2, 0.25) is 5.95 Å². The minimum atomic E-state index is 0.448.